The highest BCUT2D eigenvalue weighted by atomic mass is 16.5. The average Bonchev–Trinajstić information content (AvgIpc) is 2.71. The number of nitrogens with zero attached hydrogens (tertiary/aromatic N) is 1. The Morgan fingerprint density at radius 1 is 1.13 bits per heavy atom. The summed E-state index contributed by atoms with van der Waals surface area (Å²) in [6.45, 7) is 8.11. The number of benzene rings is 1. The molecule has 2 atom stereocenters. The van der Waals surface area contributed by atoms with Gasteiger partial charge in [-0.15, -0.1) is 0 Å². The van der Waals surface area contributed by atoms with Crippen LogP contribution in [0.3, 0.4) is 0 Å². The third-order valence-corrected chi connectivity index (χ3v) is 4.93. The molecule has 0 fully saturated rings. The zero-order chi connectivity index (χ0) is 21.8. The Bertz CT molecular complexity index is 862. The number of H-pyrrole nitrogens is 1. The van der Waals surface area contributed by atoms with Crippen LogP contribution < -0.4 is 21.3 Å². The van der Waals surface area contributed by atoms with Gasteiger partial charge in [-0.2, -0.15) is 0 Å². The van der Waals surface area contributed by atoms with Gasteiger partial charge in [-0.3, -0.25) is 14.3 Å². The molecule has 0 spiro atoms. The van der Waals surface area contributed by atoms with Crippen molar-refractivity contribution in [1.29, 1.82) is 0 Å². The molecule has 0 aliphatic carbocycles. The molecule has 2 rings (SSSR count). The van der Waals surface area contributed by atoms with Crippen molar-refractivity contribution in [2.45, 2.75) is 71.8 Å². The molecule has 1 heterocycles. The molecule has 1 aromatic heterocycles. The second-order valence-corrected chi connectivity index (χ2v) is 7.64. The molecule has 2 aromatic rings. The topological polar surface area (TPSA) is 85.3 Å². The summed E-state index contributed by atoms with van der Waals surface area (Å²) in [6, 6.07) is 9.89. The smallest absolute Gasteiger partial charge is 0.330 e. The molecule has 0 amide bonds. The first-order valence-electron chi connectivity index (χ1n) is 10.9. The summed E-state index contributed by atoms with van der Waals surface area (Å²) < 4.78 is 12.8. The number of ether oxygens (including phenoxy) is 2. The first kappa shape index (κ1) is 23.9. The Morgan fingerprint density at radius 2 is 1.97 bits per heavy atom. The predicted molar refractivity (Wildman–Crippen MR) is 119 cm³/mol. The van der Waals surface area contributed by atoms with Crippen LogP contribution in [0, 0.1) is 0 Å². The van der Waals surface area contributed by atoms with Gasteiger partial charge in [-0.1, -0.05) is 25.5 Å². The van der Waals surface area contributed by atoms with Gasteiger partial charge in [0.15, 0.2) is 0 Å². The standard InChI is InChI=1S/C23H35N3O4/c1-4-9-18(2)30-21-11-8-10-20(16-21)19(3)24-13-6-5-7-15-29-17-26-14-12-22(27)25-23(26)28/h8,10-12,14,16,18-19,24H,4-7,9,13,15,17H2,1-3H3,(H,25,27,28)/t18-,19-/m1/s1. The molecule has 7 nitrogen and oxygen atoms in total. The number of unbranched alkanes of at least 4 members (excludes halogenated alkanes) is 2. The van der Waals surface area contributed by atoms with Crippen LogP contribution in [0.5, 0.6) is 5.75 Å². The Kier molecular flexibility index (Phi) is 10.4. The third kappa shape index (κ3) is 8.55. The van der Waals surface area contributed by atoms with Gasteiger partial charge in [0.2, 0.25) is 0 Å². The highest BCUT2D eigenvalue weighted by molar-refractivity contribution is 5.30. The normalized spacial score (nSPS) is 13.2. The lowest BCUT2D eigenvalue weighted by atomic mass is 10.1. The summed E-state index contributed by atoms with van der Waals surface area (Å²) in [7, 11) is 0. The maximum Gasteiger partial charge on any atom is 0.330 e. The van der Waals surface area contributed by atoms with E-state index in [-0.39, 0.29) is 18.9 Å². The van der Waals surface area contributed by atoms with E-state index >= 15 is 0 Å². The number of hydrogen-bond acceptors (Lipinski definition) is 5. The summed E-state index contributed by atoms with van der Waals surface area (Å²) in [4.78, 5) is 24.8. The minimum atomic E-state index is -0.449. The largest absolute Gasteiger partial charge is 0.491 e. The molecule has 0 aliphatic rings. The van der Waals surface area contributed by atoms with E-state index in [0.717, 1.165) is 44.4 Å². The number of nitrogens with one attached hydrogen (secondary N) is 2. The second kappa shape index (κ2) is 13.0. The fraction of sp³-hybridized carbons (Fsp3) is 0.565. The van der Waals surface area contributed by atoms with Crippen LogP contribution in [-0.2, 0) is 11.5 Å². The van der Waals surface area contributed by atoms with E-state index in [1.165, 1.54) is 22.4 Å². The van der Waals surface area contributed by atoms with Crippen LogP contribution in [0.25, 0.3) is 0 Å². The van der Waals surface area contributed by atoms with Gasteiger partial charge >= 0.3 is 5.69 Å². The molecule has 0 saturated heterocycles. The highest BCUT2D eigenvalue weighted by Gasteiger charge is 2.08. The molecule has 0 unspecified atom stereocenters. The van der Waals surface area contributed by atoms with Crippen LogP contribution in [0.4, 0.5) is 0 Å². The van der Waals surface area contributed by atoms with Crippen LogP contribution in [0.2, 0.25) is 0 Å². The van der Waals surface area contributed by atoms with Gasteiger partial charge in [-0.25, -0.2) is 4.79 Å². The van der Waals surface area contributed by atoms with Crippen molar-refractivity contribution in [2.24, 2.45) is 0 Å². The Hall–Kier alpha value is -2.38. The molecular formula is C23H35N3O4. The maximum atomic E-state index is 11.5. The monoisotopic (exact) mass is 417 g/mol. The maximum absolute atomic E-state index is 11.5. The second-order valence-electron chi connectivity index (χ2n) is 7.64. The summed E-state index contributed by atoms with van der Waals surface area (Å²) in [5, 5.41) is 3.56. The summed E-state index contributed by atoms with van der Waals surface area (Å²) in [5.74, 6) is 0.931. The molecule has 0 bridgehead atoms. The van der Waals surface area contributed by atoms with Gasteiger partial charge in [0.1, 0.15) is 12.5 Å². The molecule has 7 heteroatoms. The molecule has 30 heavy (non-hydrogen) atoms. The Balaban J connectivity index is 1.60. The van der Waals surface area contributed by atoms with Gasteiger partial charge in [0, 0.05) is 24.9 Å². The van der Waals surface area contributed by atoms with Crippen molar-refractivity contribution in [3.63, 3.8) is 0 Å². The predicted octanol–water partition coefficient (Wildman–Crippen LogP) is 3.60. The Labute approximate surface area is 178 Å². The van der Waals surface area contributed by atoms with Gasteiger partial charge in [-0.05, 0) is 63.8 Å². The first-order valence-corrected chi connectivity index (χ1v) is 10.9. The fourth-order valence-corrected chi connectivity index (χ4v) is 3.21. The van der Waals surface area contributed by atoms with Crippen molar-refractivity contribution in [3.05, 3.63) is 62.9 Å². The minimum absolute atomic E-state index is 0.153. The molecule has 0 saturated carbocycles. The van der Waals surface area contributed by atoms with E-state index in [1.807, 2.05) is 12.1 Å². The van der Waals surface area contributed by atoms with Crippen molar-refractivity contribution in [2.75, 3.05) is 13.2 Å². The summed E-state index contributed by atoms with van der Waals surface area (Å²) in [6.07, 6.45) is 6.87. The van der Waals surface area contributed by atoms with Crippen LogP contribution in [0.1, 0.15) is 64.5 Å². The summed E-state index contributed by atoms with van der Waals surface area (Å²) >= 11 is 0. The highest BCUT2D eigenvalue weighted by Crippen LogP contribution is 2.21. The SMILES string of the molecule is CCC[C@@H](C)Oc1cccc([C@@H](C)NCCCCCOCn2ccc(=O)[nH]c2=O)c1. The number of aromatic nitrogens is 2. The average molecular weight is 418 g/mol. The molecule has 0 aliphatic heterocycles. The minimum Gasteiger partial charge on any atom is -0.491 e. The first-order chi connectivity index (χ1) is 14.5. The van der Waals surface area contributed by atoms with E-state index in [1.54, 1.807) is 0 Å². The molecule has 1 aromatic carbocycles. The van der Waals surface area contributed by atoms with Crippen molar-refractivity contribution in [1.82, 2.24) is 14.9 Å². The zero-order valence-corrected chi connectivity index (χ0v) is 18.4. The van der Waals surface area contributed by atoms with Crippen molar-refractivity contribution >= 4 is 0 Å². The third-order valence-electron chi connectivity index (χ3n) is 4.93. The van der Waals surface area contributed by atoms with Crippen LogP contribution in [-0.4, -0.2) is 28.8 Å². The van der Waals surface area contributed by atoms with Gasteiger partial charge < -0.3 is 14.8 Å². The molecular weight excluding hydrogens is 382 g/mol. The van der Waals surface area contributed by atoms with E-state index in [2.05, 4.69) is 43.2 Å². The van der Waals surface area contributed by atoms with Crippen molar-refractivity contribution < 1.29 is 9.47 Å². The molecule has 166 valence electrons. The van der Waals surface area contributed by atoms with Crippen LogP contribution in [0.15, 0.2) is 46.1 Å². The summed E-state index contributed by atoms with van der Waals surface area (Å²) in [5.41, 5.74) is 0.379. The lowest BCUT2D eigenvalue weighted by Crippen LogP contribution is -2.29. The van der Waals surface area contributed by atoms with E-state index in [9.17, 15) is 9.59 Å². The lowest BCUT2D eigenvalue weighted by Gasteiger charge is -2.18. The van der Waals surface area contributed by atoms with Gasteiger partial charge in [0.25, 0.3) is 5.56 Å². The van der Waals surface area contributed by atoms with Gasteiger partial charge in [0.05, 0.1) is 6.10 Å². The molecule has 0 radical (unpaired) electrons. The zero-order valence-electron chi connectivity index (χ0n) is 18.4. The fourth-order valence-electron chi connectivity index (χ4n) is 3.21. The van der Waals surface area contributed by atoms with Crippen molar-refractivity contribution in [3.8, 4) is 5.75 Å². The lowest BCUT2D eigenvalue weighted by molar-refractivity contribution is 0.0707. The Morgan fingerprint density at radius 3 is 2.73 bits per heavy atom. The molecule has 2 N–H and O–H groups in total. The quantitative estimate of drug-likeness (QED) is 0.459. The van der Waals surface area contributed by atoms with E-state index in [0.29, 0.717) is 6.61 Å². The number of hydrogen-bond donors (Lipinski definition) is 2. The van der Waals surface area contributed by atoms with E-state index in [4.69, 9.17) is 9.47 Å². The number of aromatic amines is 1. The van der Waals surface area contributed by atoms with E-state index < -0.39 is 11.2 Å². The van der Waals surface area contributed by atoms with Crippen LogP contribution >= 0.6 is 0 Å². The number of rotatable bonds is 14.